The van der Waals surface area contributed by atoms with Crippen molar-refractivity contribution in [2.24, 2.45) is 4.99 Å². The molecule has 1 rings (SSSR count). The van der Waals surface area contributed by atoms with E-state index in [0.29, 0.717) is 31.9 Å². The third-order valence-corrected chi connectivity index (χ3v) is 3.40. The zero-order chi connectivity index (χ0) is 16.5. The number of hydrogen-bond donors (Lipinski definition) is 2. The highest BCUT2D eigenvalue weighted by Gasteiger charge is 2.25. The molecule has 1 fully saturated rings. The van der Waals surface area contributed by atoms with Crippen molar-refractivity contribution < 1.29 is 14.3 Å². The van der Waals surface area contributed by atoms with E-state index in [1.165, 1.54) is 0 Å². The van der Waals surface area contributed by atoms with Gasteiger partial charge in [-0.3, -0.25) is 14.6 Å². The summed E-state index contributed by atoms with van der Waals surface area (Å²) in [7, 11) is 1.69. The molecule has 22 heavy (non-hydrogen) atoms. The molecule has 1 aliphatic heterocycles. The van der Waals surface area contributed by atoms with Crippen molar-refractivity contribution in [3.05, 3.63) is 0 Å². The topological polar surface area (TPSA) is 83.0 Å². The van der Waals surface area contributed by atoms with Crippen LogP contribution in [0.5, 0.6) is 0 Å². The van der Waals surface area contributed by atoms with E-state index >= 15 is 0 Å². The molecule has 1 saturated heterocycles. The Morgan fingerprint density at radius 3 is 2.73 bits per heavy atom. The third-order valence-electron chi connectivity index (χ3n) is 3.40. The van der Waals surface area contributed by atoms with Gasteiger partial charge in [-0.15, -0.1) is 0 Å². The molecule has 0 aromatic heterocycles. The van der Waals surface area contributed by atoms with Gasteiger partial charge in [-0.2, -0.15) is 0 Å². The first kappa shape index (κ1) is 18.3. The average Bonchev–Trinajstić information content (AvgIpc) is 2.93. The second-order valence-corrected chi connectivity index (χ2v) is 5.61. The molecule has 126 valence electrons. The Labute approximate surface area is 132 Å². The summed E-state index contributed by atoms with van der Waals surface area (Å²) < 4.78 is 5.07. The van der Waals surface area contributed by atoms with Crippen molar-refractivity contribution in [1.82, 2.24) is 15.5 Å². The zero-order valence-electron chi connectivity index (χ0n) is 14.0. The van der Waals surface area contributed by atoms with E-state index in [9.17, 15) is 9.59 Å². The van der Waals surface area contributed by atoms with Crippen LogP contribution in [0.4, 0.5) is 0 Å². The van der Waals surface area contributed by atoms with E-state index in [2.05, 4.69) is 15.6 Å². The summed E-state index contributed by atoms with van der Waals surface area (Å²) in [6, 6.07) is 0.198. The molecule has 0 saturated carbocycles. The van der Waals surface area contributed by atoms with Crippen LogP contribution in [0, 0.1) is 0 Å². The Morgan fingerprint density at radius 1 is 1.41 bits per heavy atom. The van der Waals surface area contributed by atoms with Crippen molar-refractivity contribution >= 4 is 17.8 Å². The maximum absolute atomic E-state index is 11.7. The van der Waals surface area contributed by atoms with Crippen LogP contribution in [-0.4, -0.2) is 61.6 Å². The van der Waals surface area contributed by atoms with Crippen LogP contribution in [-0.2, 0) is 14.3 Å². The van der Waals surface area contributed by atoms with E-state index in [0.717, 1.165) is 13.0 Å². The molecule has 7 nitrogen and oxygen atoms in total. The minimum absolute atomic E-state index is 0.0921. The quantitative estimate of drug-likeness (QED) is 0.424. The molecular formula is C15H28N4O3. The number of nitrogens with zero attached hydrogens (tertiary/aromatic N) is 2. The van der Waals surface area contributed by atoms with Crippen molar-refractivity contribution in [1.29, 1.82) is 0 Å². The van der Waals surface area contributed by atoms with Gasteiger partial charge in [-0.1, -0.05) is 6.92 Å². The Morgan fingerprint density at radius 2 is 2.14 bits per heavy atom. The SMILES string of the molecule is CCC(=O)N1CCC(NC(=NC)NCCC(=O)OC(C)C)C1. The highest BCUT2D eigenvalue weighted by molar-refractivity contribution is 5.81. The van der Waals surface area contributed by atoms with Gasteiger partial charge in [0.15, 0.2) is 5.96 Å². The molecule has 0 aromatic rings. The summed E-state index contributed by atoms with van der Waals surface area (Å²) in [6.07, 6.45) is 1.65. The van der Waals surface area contributed by atoms with Crippen molar-refractivity contribution in [2.75, 3.05) is 26.7 Å². The van der Waals surface area contributed by atoms with Crippen LogP contribution >= 0.6 is 0 Å². The summed E-state index contributed by atoms with van der Waals surface area (Å²) in [6.45, 7) is 7.48. The van der Waals surface area contributed by atoms with Crippen LogP contribution in [0.3, 0.4) is 0 Å². The molecule has 0 spiro atoms. The van der Waals surface area contributed by atoms with Crippen molar-refractivity contribution in [2.45, 2.75) is 52.2 Å². The summed E-state index contributed by atoms with van der Waals surface area (Å²) >= 11 is 0. The normalized spacial score (nSPS) is 18.5. The Balaban J connectivity index is 2.29. The molecule has 0 bridgehead atoms. The fourth-order valence-electron chi connectivity index (χ4n) is 2.32. The van der Waals surface area contributed by atoms with Gasteiger partial charge in [0.2, 0.25) is 5.91 Å². The third kappa shape index (κ3) is 6.32. The first-order valence-electron chi connectivity index (χ1n) is 7.90. The first-order valence-corrected chi connectivity index (χ1v) is 7.90. The molecular weight excluding hydrogens is 284 g/mol. The van der Waals surface area contributed by atoms with Gasteiger partial charge in [-0.25, -0.2) is 0 Å². The van der Waals surface area contributed by atoms with Crippen LogP contribution < -0.4 is 10.6 Å². The number of rotatable bonds is 6. The maximum atomic E-state index is 11.7. The van der Waals surface area contributed by atoms with Gasteiger partial charge in [0, 0.05) is 39.1 Å². The van der Waals surface area contributed by atoms with Gasteiger partial charge in [0.25, 0.3) is 0 Å². The molecule has 1 atom stereocenters. The number of likely N-dealkylation sites (tertiary alicyclic amines) is 1. The molecule has 2 N–H and O–H groups in total. The smallest absolute Gasteiger partial charge is 0.307 e. The second kappa shape index (κ2) is 9.27. The first-order chi connectivity index (χ1) is 10.5. The van der Waals surface area contributed by atoms with Crippen molar-refractivity contribution in [3.8, 4) is 0 Å². The van der Waals surface area contributed by atoms with Crippen LogP contribution in [0.2, 0.25) is 0 Å². The lowest BCUT2D eigenvalue weighted by atomic mass is 10.3. The van der Waals surface area contributed by atoms with Gasteiger partial charge in [-0.05, 0) is 20.3 Å². The number of carbonyl (C=O) groups is 2. The fourth-order valence-corrected chi connectivity index (χ4v) is 2.32. The van der Waals surface area contributed by atoms with Gasteiger partial charge in [0.05, 0.1) is 12.5 Å². The highest BCUT2D eigenvalue weighted by atomic mass is 16.5. The van der Waals surface area contributed by atoms with Crippen molar-refractivity contribution in [3.63, 3.8) is 0 Å². The maximum Gasteiger partial charge on any atom is 0.307 e. The van der Waals surface area contributed by atoms with E-state index in [4.69, 9.17) is 4.74 Å². The largest absolute Gasteiger partial charge is 0.463 e. The number of carbonyl (C=O) groups excluding carboxylic acids is 2. The summed E-state index contributed by atoms with van der Waals surface area (Å²) in [5, 5.41) is 6.38. The van der Waals surface area contributed by atoms with Crippen LogP contribution in [0.15, 0.2) is 4.99 Å². The lowest BCUT2D eigenvalue weighted by Gasteiger charge is -2.18. The van der Waals surface area contributed by atoms with Crippen LogP contribution in [0.1, 0.15) is 40.0 Å². The number of esters is 1. The summed E-state index contributed by atoms with van der Waals surface area (Å²) in [5.41, 5.74) is 0. The van der Waals surface area contributed by atoms with Gasteiger partial charge < -0.3 is 20.3 Å². The summed E-state index contributed by atoms with van der Waals surface area (Å²) in [5.74, 6) is 0.607. The molecule has 0 aromatic carbocycles. The number of nitrogens with one attached hydrogen (secondary N) is 2. The Hall–Kier alpha value is -1.79. The second-order valence-electron chi connectivity index (χ2n) is 5.61. The Kier molecular flexibility index (Phi) is 7.70. The van der Waals surface area contributed by atoms with E-state index < -0.39 is 0 Å². The number of hydrogen-bond acceptors (Lipinski definition) is 4. The monoisotopic (exact) mass is 312 g/mol. The minimum atomic E-state index is -0.224. The van der Waals surface area contributed by atoms with E-state index in [-0.39, 0.29) is 24.0 Å². The van der Waals surface area contributed by atoms with Gasteiger partial charge in [0.1, 0.15) is 0 Å². The molecule has 1 amide bonds. The lowest BCUT2D eigenvalue weighted by molar-refractivity contribution is -0.147. The molecule has 1 heterocycles. The molecule has 7 heteroatoms. The highest BCUT2D eigenvalue weighted by Crippen LogP contribution is 2.10. The summed E-state index contributed by atoms with van der Waals surface area (Å²) in [4.78, 5) is 29.1. The predicted molar refractivity (Wildman–Crippen MR) is 85.6 cm³/mol. The molecule has 0 radical (unpaired) electrons. The molecule has 1 aliphatic rings. The molecule has 0 aliphatic carbocycles. The standard InChI is InChI=1S/C15H28N4O3/c1-5-13(20)19-9-7-12(10-19)18-15(16-4)17-8-6-14(21)22-11(2)3/h11-12H,5-10H2,1-4H3,(H2,16,17,18). The average molecular weight is 312 g/mol. The number of aliphatic imine (C=N–C) groups is 1. The zero-order valence-corrected chi connectivity index (χ0v) is 14.0. The number of amides is 1. The predicted octanol–water partition coefficient (Wildman–Crippen LogP) is 0.504. The number of ether oxygens (including phenoxy) is 1. The molecule has 1 unspecified atom stereocenters. The minimum Gasteiger partial charge on any atom is -0.463 e. The fraction of sp³-hybridized carbons (Fsp3) is 0.800. The van der Waals surface area contributed by atoms with E-state index in [1.807, 2.05) is 25.7 Å². The number of guanidine groups is 1. The Bertz CT molecular complexity index is 410. The van der Waals surface area contributed by atoms with E-state index in [1.54, 1.807) is 7.05 Å². The van der Waals surface area contributed by atoms with Gasteiger partial charge >= 0.3 is 5.97 Å². The van der Waals surface area contributed by atoms with Crippen LogP contribution in [0.25, 0.3) is 0 Å². The lowest BCUT2D eigenvalue weighted by Crippen LogP contribution is -2.45.